The average Bonchev–Trinajstić information content (AvgIpc) is 3.19. The van der Waals surface area contributed by atoms with Crippen molar-refractivity contribution in [3.8, 4) is 0 Å². The maximum Gasteiger partial charge on any atom is 0.244 e. The summed E-state index contributed by atoms with van der Waals surface area (Å²) in [4.78, 5) is 11.5. The van der Waals surface area contributed by atoms with Crippen LogP contribution in [0.5, 0.6) is 0 Å². The SMILES string of the molecule is O=C(C=Cc1c(F)cccc1Cl)NCC(O)C1CC1. The van der Waals surface area contributed by atoms with E-state index in [1.165, 1.54) is 24.3 Å². The average molecular weight is 284 g/mol. The summed E-state index contributed by atoms with van der Waals surface area (Å²) < 4.78 is 13.4. The molecule has 0 bridgehead atoms. The molecule has 1 fully saturated rings. The first-order valence-electron chi connectivity index (χ1n) is 6.16. The summed E-state index contributed by atoms with van der Waals surface area (Å²) in [5.74, 6) is -0.543. The number of halogens is 2. The molecule has 2 rings (SSSR count). The first kappa shape index (κ1) is 14.0. The van der Waals surface area contributed by atoms with E-state index in [-0.39, 0.29) is 23.0 Å². The molecule has 3 nitrogen and oxygen atoms in total. The van der Waals surface area contributed by atoms with Crippen molar-refractivity contribution < 1.29 is 14.3 Å². The van der Waals surface area contributed by atoms with E-state index in [0.717, 1.165) is 12.8 Å². The van der Waals surface area contributed by atoms with E-state index in [1.54, 1.807) is 6.07 Å². The van der Waals surface area contributed by atoms with Crippen LogP contribution in [0.4, 0.5) is 4.39 Å². The fourth-order valence-corrected chi connectivity index (χ4v) is 1.97. The van der Waals surface area contributed by atoms with Gasteiger partial charge in [0.1, 0.15) is 5.82 Å². The molecule has 0 heterocycles. The summed E-state index contributed by atoms with van der Waals surface area (Å²) in [7, 11) is 0. The Morgan fingerprint density at radius 3 is 2.95 bits per heavy atom. The lowest BCUT2D eigenvalue weighted by Gasteiger charge is -2.08. The van der Waals surface area contributed by atoms with Gasteiger partial charge in [-0.25, -0.2) is 4.39 Å². The van der Waals surface area contributed by atoms with Crippen LogP contribution in [0.3, 0.4) is 0 Å². The van der Waals surface area contributed by atoms with Gasteiger partial charge in [-0.3, -0.25) is 4.79 Å². The van der Waals surface area contributed by atoms with Crippen molar-refractivity contribution in [2.75, 3.05) is 6.54 Å². The van der Waals surface area contributed by atoms with Gasteiger partial charge in [-0.2, -0.15) is 0 Å². The van der Waals surface area contributed by atoms with Crippen LogP contribution in [0.1, 0.15) is 18.4 Å². The van der Waals surface area contributed by atoms with Crippen molar-refractivity contribution in [3.05, 3.63) is 40.7 Å². The summed E-state index contributed by atoms with van der Waals surface area (Å²) in [5, 5.41) is 12.4. The summed E-state index contributed by atoms with van der Waals surface area (Å²) in [6, 6.07) is 4.33. The first-order chi connectivity index (χ1) is 9.08. The normalized spacial score (nSPS) is 16.6. The maximum absolute atomic E-state index is 13.4. The molecule has 0 spiro atoms. The number of benzene rings is 1. The van der Waals surface area contributed by atoms with Gasteiger partial charge in [0.2, 0.25) is 5.91 Å². The number of hydrogen-bond donors (Lipinski definition) is 2. The standard InChI is InChI=1S/C14H15ClFNO2/c15-11-2-1-3-12(16)10(11)6-7-14(19)17-8-13(18)9-4-5-9/h1-3,6-7,9,13,18H,4-5,8H2,(H,17,19). The number of rotatable bonds is 5. The molecule has 1 aliphatic carbocycles. The smallest absolute Gasteiger partial charge is 0.244 e. The quantitative estimate of drug-likeness (QED) is 0.815. The van der Waals surface area contributed by atoms with Gasteiger partial charge in [0.05, 0.1) is 11.1 Å². The molecule has 1 aromatic rings. The lowest BCUT2D eigenvalue weighted by atomic mass is 10.2. The van der Waals surface area contributed by atoms with E-state index in [9.17, 15) is 14.3 Å². The van der Waals surface area contributed by atoms with Crippen molar-refractivity contribution >= 4 is 23.6 Å². The highest BCUT2D eigenvalue weighted by atomic mass is 35.5. The van der Waals surface area contributed by atoms with Gasteiger partial charge < -0.3 is 10.4 Å². The fourth-order valence-electron chi connectivity index (χ4n) is 1.74. The number of amides is 1. The van der Waals surface area contributed by atoms with E-state index >= 15 is 0 Å². The number of aliphatic hydroxyl groups is 1. The monoisotopic (exact) mass is 283 g/mol. The van der Waals surface area contributed by atoms with Crippen molar-refractivity contribution in [1.29, 1.82) is 0 Å². The molecule has 0 aromatic heterocycles. The van der Waals surface area contributed by atoms with Crippen LogP contribution < -0.4 is 5.32 Å². The van der Waals surface area contributed by atoms with E-state index in [1.807, 2.05) is 0 Å². The van der Waals surface area contributed by atoms with Crippen LogP contribution >= 0.6 is 11.6 Å². The molecule has 0 saturated heterocycles. The van der Waals surface area contributed by atoms with Crippen LogP contribution in [0.2, 0.25) is 5.02 Å². The largest absolute Gasteiger partial charge is 0.391 e. The second kappa shape index (κ2) is 6.17. The highest BCUT2D eigenvalue weighted by Gasteiger charge is 2.29. The summed E-state index contributed by atoms with van der Waals surface area (Å²) in [5.41, 5.74) is 0.182. The molecule has 0 aliphatic heterocycles. The third-order valence-electron chi connectivity index (χ3n) is 3.05. The van der Waals surface area contributed by atoms with Crippen molar-refractivity contribution in [1.82, 2.24) is 5.32 Å². The number of carbonyl (C=O) groups excluding carboxylic acids is 1. The van der Waals surface area contributed by atoms with E-state index in [4.69, 9.17) is 11.6 Å². The van der Waals surface area contributed by atoms with Gasteiger partial charge in [-0.05, 0) is 37.0 Å². The summed E-state index contributed by atoms with van der Waals surface area (Å²) in [6.07, 6.45) is 4.07. The van der Waals surface area contributed by atoms with Crippen LogP contribution in [-0.2, 0) is 4.79 Å². The molecule has 1 atom stereocenters. The lowest BCUT2D eigenvalue weighted by Crippen LogP contribution is -2.31. The summed E-state index contributed by atoms with van der Waals surface area (Å²) >= 11 is 5.83. The molecular weight excluding hydrogens is 269 g/mol. The predicted molar refractivity (Wildman–Crippen MR) is 72.2 cm³/mol. The zero-order valence-corrected chi connectivity index (χ0v) is 11.0. The third kappa shape index (κ3) is 4.04. The fraction of sp³-hybridized carbons (Fsp3) is 0.357. The Balaban J connectivity index is 1.88. The minimum atomic E-state index is -0.491. The van der Waals surface area contributed by atoms with Crippen LogP contribution in [0, 0.1) is 11.7 Å². The van der Waals surface area contributed by atoms with Crippen molar-refractivity contribution in [2.45, 2.75) is 18.9 Å². The molecule has 1 amide bonds. The zero-order chi connectivity index (χ0) is 13.8. The molecular formula is C14H15ClFNO2. The molecule has 19 heavy (non-hydrogen) atoms. The Morgan fingerprint density at radius 2 is 2.32 bits per heavy atom. The third-order valence-corrected chi connectivity index (χ3v) is 3.38. The number of carbonyl (C=O) groups is 1. The molecule has 5 heteroatoms. The van der Waals surface area contributed by atoms with Crippen LogP contribution in [0.25, 0.3) is 6.08 Å². The maximum atomic E-state index is 13.4. The molecule has 1 saturated carbocycles. The number of hydrogen-bond acceptors (Lipinski definition) is 2. The Kier molecular flexibility index (Phi) is 4.56. The molecule has 2 N–H and O–H groups in total. The Bertz CT molecular complexity index is 480. The van der Waals surface area contributed by atoms with Gasteiger partial charge in [-0.15, -0.1) is 0 Å². The zero-order valence-electron chi connectivity index (χ0n) is 10.3. The molecule has 1 unspecified atom stereocenters. The van der Waals surface area contributed by atoms with Crippen LogP contribution in [-0.4, -0.2) is 23.7 Å². The molecule has 0 radical (unpaired) electrons. The molecule has 1 aliphatic rings. The Morgan fingerprint density at radius 1 is 1.58 bits per heavy atom. The topological polar surface area (TPSA) is 49.3 Å². The van der Waals surface area contributed by atoms with Crippen molar-refractivity contribution in [3.63, 3.8) is 0 Å². The summed E-state index contributed by atoms with van der Waals surface area (Å²) in [6.45, 7) is 0.221. The van der Waals surface area contributed by atoms with Gasteiger partial charge in [0.25, 0.3) is 0 Å². The molecule has 1 aromatic carbocycles. The van der Waals surface area contributed by atoms with Gasteiger partial charge in [0, 0.05) is 18.2 Å². The Labute approximate surface area is 116 Å². The second-order valence-electron chi connectivity index (χ2n) is 4.62. The second-order valence-corrected chi connectivity index (χ2v) is 5.03. The number of nitrogens with one attached hydrogen (secondary N) is 1. The van der Waals surface area contributed by atoms with E-state index < -0.39 is 11.9 Å². The molecule has 102 valence electrons. The Hall–Kier alpha value is -1.39. The van der Waals surface area contributed by atoms with Gasteiger partial charge in [0.15, 0.2) is 0 Å². The van der Waals surface area contributed by atoms with E-state index in [0.29, 0.717) is 5.92 Å². The predicted octanol–water partition coefficient (Wildman–Crippen LogP) is 2.38. The van der Waals surface area contributed by atoms with Gasteiger partial charge >= 0.3 is 0 Å². The minimum Gasteiger partial charge on any atom is -0.391 e. The number of aliphatic hydroxyl groups excluding tert-OH is 1. The van der Waals surface area contributed by atoms with E-state index in [2.05, 4.69) is 5.32 Å². The first-order valence-corrected chi connectivity index (χ1v) is 6.53. The van der Waals surface area contributed by atoms with Crippen LogP contribution in [0.15, 0.2) is 24.3 Å². The lowest BCUT2D eigenvalue weighted by molar-refractivity contribution is -0.116. The van der Waals surface area contributed by atoms with Gasteiger partial charge in [-0.1, -0.05) is 17.7 Å². The highest BCUT2D eigenvalue weighted by molar-refractivity contribution is 6.32. The van der Waals surface area contributed by atoms with Crippen molar-refractivity contribution in [2.24, 2.45) is 5.92 Å². The highest BCUT2D eigenvalue weighted by Crippen LogP contribution is 2.32. The minimum absolute atomic E-state index is 0.182.